The highest BCUT2D eigenvalue weighted by Crippen LogP contribution is 2.13. The molecular weight excluding hydrogens is 138 g/mol. The Balaban J connectivity index is 4.12. The van der Waals surface area contributed by atoms with E-state index < -0.39 is 0 Å². The van der Waals surface area contributed by atoms with Crippen LogP contribution in [0.3, 0.4) is 0 Å². The van der Waals surface area contributed by atoms with Gasteiger partial charge in [-0.3, -0.25) is 4.79 Å². The maximum Gasteiger partial charge on any atom is 0.225 e. The van der Waals surface area contributed by atoms with Gasteiger partial charge in [0.1, 0.15) is 0 Å². The molecule has 0 unspecified atom stereocenters. The summed E-state index contributed by atoms with van der Waals surface area (Å²) in [7, 11) is 3.54. The van der Waals surface area contributed by atoms with Crippen LogP contribution in [-0.2, 0) is 4.79 Å². The molecule has 0 saturated carbocycles. The van der Waals surface area contributed by atoms with Crippen molar-refractivity contribution < 1.29 is 4.79 Å². The molecule has 0 aromatic rings. The smallest absolute Gasteiger partial charge is 0.225 e. The number of hydrogen-bond donors (Lipinski definition) is 0. The lowest BCUT2D eigenvalue weighted by molar-refractivity contribution is -0.133. The Kier molecular flexibility index (Phi) is 3.86. The first-order valence-corrected chi connectivity index (χ1v) is 3.84. The summed E-state index contributed by atoms with van der Waals surface area (Å²) in [6, 6.07) is 0. The minimum atomic E-state index is 0.0440. The van der Waals surface area contributed by atoms with E-state index in [-0.39, 0.29) is 17.7 Å². The molecule has 0 aliphatic heterocycles. The molecule has 0 rings (SSSR count). The van der Waals surface area contributed by atoms with Gasteiger partial charge in [0.2, 0.25) is 5.91 Å². The van der Waals surface area contributed by atoms with Crippen molar-refractivity contribution in [1.29, 1.82) is 0 Å². The molecular formula is C9H17NO. The Hall–Kier alpha value is -0.790. The number of amides is 1. The maximum atomic E-state index is 11.3. The molecule has 0 bridgehead atoms. The van der Waals surface area contributed by atoms with Crippen LogP contribution in [0, 0.1) is 11.8 Å². The third-order valence-electron chi connectivity index (χ3n) is 1.99. The van der Waals surface area contributed by atoms with Crippen molar-refractivity contribution in [1.82, 2.24) is 4.90 Å². The molecule has 0 N–H and O–H groups in total. The van der Waals surface area contributed by atoms with Gasteiger partial charge in [0.15, 0.2) is 0 Å². The van der Waals surface area contributed by atoms with E-state index in [2.05, 4.69) is 6.58 Å². The second kappa shape index (κ2) is 4.16. The Bertz CT molecular complexity index is 152. The fourth-order valence-corrected chi connectivity index (χ4v) is 0.836. The summed E-state index contributed by atoms with van der Waals surface area (Å²) in [5, 5.41) is 0. The van der Waals surface area contributed by atoms with Gasteiger partial charge in [0.05, 0.1) is 0 Å². The lowest BCUT2D eigenvalue weighted by Crippen LogP contribution is -2.30. The highest BCUT2D eigenvalue weighted by molar-refractivity contribution is 5.78. The van der Waals surface area contributed by atoms with Crippen molar-refractivity contribution in [3.8, 4) is 0 Å². The average molecular weight is 155 g/mol. The lowest BCUT2D eigenvalue weighted by atomic mass is 9.95. The van der Waals surface area contributed by atoms with Gasteiger partial charge in [0.25, 0.3) is 0 Å². The predicted octanol–water partition coefficient (Wildman–Crippen LogP) is 1.53. The number of nitrogens with zero attached hydrogens (tertiary/aromatic N) is 1. The lowest BCUT2D eigenvalue weighted by Gasteiger charge is -2.19. The SMILES string of the molecule is C=C[C@@H](C)[C@H](C)C(=O)N(C)C. The van der Waals surface area contributed by atoms with Crippen LogP contribution in [0.1, 0.15) is 13.8 Å². The highest BCUT2D eigenvalue weighted by Gasteiger charge is 2.18. The molecule has 0 aliphatic carbocycles. The van der Waals surface area contributed by atoms with E-state index in [1.807, 2.05) is 19.9 Å². The molecule has 0 aliphatic rings. The number of carbonyl (C=O) groups excluding carboxylic acids is 1. The summed E-state index contributed by atoms with van der Waals surface area (Å²) in [6.07, 6.45) is 1.81. The average Bonchev–Trinajstić information content (AvgIpc) is 2.00. The van der Waals surface area contributed by atoms with Crippen LogP contribution in [-0.4, -0.2) is 24.9 Å². The van der Waals surface area contributed by atoms with Crippen molar-refractivity contribution in [2.75, 3.05) is 14.1 Å². The molecule has 11 heavy (non-hydrogen) atoms. The van der Waals surface area contributed by atoms with E-state index in [4.69, 9.17) is 0 Å². The normalized spacial score (nSPS) is 15.3. The van der Waals surface area contributed by atoms with Crippen molar-refractivity contribution in [2.24, 2.45) is 11.8 Å². The Morgan fingerprint density at radius 1 is 1.45 bits per heavy atom. The van der Waals surface area contributed by atoms with Crippen LogP contribution in [0.15, 0.2) is 12.7 Å². The molecule has 2 atom stereocenters. The number of hydrogen-bond acceptors (Lipinski definition) is 1. The van der Waals surface area contributed by atoms with E-state index in [0.29, 0.717) is 0 Å². The Labute approximate surface area is 68.9 Å². The number of rotatable bonds is 3. The van der Waals surface area contributed by atoms with Crippen LogP contribution in [0.25, 0.3) is 0 Å². The molecule has 1 amide bonds. The van der Waals surface area contributed by atoms with E-state index in [9.17, 15) is 4.79 Å². The summed E-state index contributed by atoms with van der Waals surface area (Å²) in [5.74, 6) is 0.463. The molecule has 0 saturated heterocycles. The summed E-state index contributed by atoms with van der Waals surface area (Å²) in [6.45, 7) is 7.58. The topological polar surface area (TPSA) is 20.3 Å². The van der Waals surface area contributed by atoms with Crippen LogP contribution >= 0.6 is 0 Å². The highest BCUT2D eigenvalue weighted by atomic mass is 16.2. The van der Waals surface area contributed by atoms with Crippen LogP contribution in [0.4, 0.5) is 0 Å². The molecule has 2 heteroatoms. The van der Waals surface area contributed by atoms with E-state index in [1.165, 1.54) is 0 Å². The number of carbonyl (C=O) groups is 1. The van der Waals surface area contributed by atoms with Gasteiger partial charge in [0, 0.05) is 20.0 Å². The van der Waals surface area contributed by atoms with Crippen molar-refractivity contribution in [2.45, 2.75) is 13.8 Å². The molecule has 0 aromatic heterocycles. The summed E-state index contributed by atoms with van der Waals surface area (Å²) >= 11 is 0. The molecule has 0 heterocycles. The molecule has 64 valence electrons. The Morgan fingerprint density at radius 2 is 1.91 bits per heavy atom. The van der Waals surface area contributed by atoms with E-state index >= 15 is 0 Å². The van der Waals surface area contributed by atoms with Gasteiger partial charge in [-0.1, -0.05) is 19.9 Å². The fourth-order valence-electron chi connectivity index (χ4n) is 0.836. The molecule has 0 aromatic carbocycles. The van der Waals surface area contributed by atoms with Crippen molar-refractivity contribution in [3.05, 3.63) is 12.7 Å². The fraction of sp³-hybridized carbons (Fsp3) is 0.667. The minimum absolute atomic E-state index is 0.0440. The van der Waals surface area contributed by atoms with Crippen molar-refractivity contribution >= 4 is 5.91 Å². The van der Waals surface area contributed by atoms with E-state index in [0.717, 1.165) is 0 Å². The minimum Gasteiger partial charge on any atom is -0.349 e. The predicted molar refractivity (Wildman–Crippen MR) is 47.2 cm³/mol. The first-order chi connectivity index (χ1) is 5.00. The molecule has 0 spiro atoms. The van der Waals surface area contributed by atoms with Crippen LogP contribution < -0.4 is 0 Å². The first-order valence-electron chi connectivity index (χ1n) is 3.84. The zero-order valence-corrected chi connectivity index (χ0v) is 7.79. The van der Waals surface area contributed by atoms with Gasteiger partial charge in [-0.15, -0.1) is 6.58 Å². The molecule has 0 radical (unpaired) electrons. The number of allylic oxidation sites excluding steroid dienone is 1. The van der Waals surface area contributed by atoms with Gasteiger partial charge in [-0.05, 0) is 5.92 Å². The standard InChI is InChI=1S/C9H17NO/c1-6-7(2)8(3)9(11)10(4)5/h6-8H,1H2,2-5H3/t7-,8+/m1/s1. The van der Waals surface area contributed by atoms with Gasteiger partial charge < -0.3 is 4.90 Å². The van der Waals surface area contributed by atoms with Crippen LogP contribution in [0.5, 0.6) is 0 Å². The van der Waals surface area contributed by atoms with E-state index in [1.54, 1.807) is 19.0 Å². The second-order valence-corrected chi connectivity index (χ2v) is 3.12. The first kappa shape index (κ1) is 10.2. The summed E-state index contributed by atoms with van der Waals surface area (Å²) in [5.41, 5.74) is 0. The molecule has 0 fully saturated rings. The zero-order chi connectivity index (χ0) is 9.02. The monoisotopic (exact) mass is 155 g/mol. The summed E-state index contributed by atoms with van der Waals surface area (Å²) in [4.78, 5) is 12.9. The van der Waals surface area contributed by atoms with Gasteiger partial charge in [-0.25, -0.2) is 0 Å². The zero-order valence-electron chi connectivity index (χ0n) is 7.79. The second-order valence-electron chi connectivity index (χ2n) is 3.12. The third-order valence-corrected chi connectivity index (χ3v) is 1.99. The Morgan fingerprint density at radius 3 is 2.18 bits per heavy atom. The van der Waals surface area contributed by atoms with Crippen molar-refractivity contribution in [3.63, 3.8) is 0 Å². The third kappa shape index (κ3) is 2.74. The summed E-state index contributed by atoms with van der Waals surface area (Å²) < 4.78 is 0. The van der Waals surface area contributed by atoms with Gasteiger partial charge in [-0.2, -0.15) is 0 Å². The quantitative estimate of drug-likeness (QED) is 0.566. The van der Waals surface area contributed by atoms with Gasteiger partial charge >= 0.3 is 0 Å². The molecule has 2 nitrogen and oxygen atoms in total. The maximum absolute atomic E-state index is 11.3. The van der Waals surface area contributed by atoms with Crippen LogP contribution in [0.2, 0.25) is 0 Å². The largest absolute Gasteiger partial charge is 0.349 e.